The average molecular weight is 666 g/mol. The third-order valence-electron chi connectivity index (χ3n) is 9.77. The van der Waals surface area contributed by atoms with Gasteiger partial charge in [0.05, 0.1) is 24.6 Å². The molecular weight excluding hydrogens is 626 g/mol. The van der Waals surface area contributed by atoms with Crippen molar-refractivity contribution < 1.29 is 19.1 Å². The van der Waals surface area contributed by atoms with Gasteiger partial charge in [-0.25, -0.2) is 14.6 Å². The molecule has 0 amide bonds. The molecule has 3 aromatic heterocycles. The second-order valence-electron chi connectivity index (χ2n) is 12.6. The zero-order valence-electron chi connectivity index (χ0n) is 29.2. The van der Waals surface area contributed by atoms with E-state index < -0.39 is 17.4 Å². The summed E-state index contributed by atoms with van der Waals surface area (Å²) >= 11 is 0. The minimum absolute atomic E-state index is 0.0678. The zero-order valence-corrected chi connectivity index (χ0v) is 29.2. The number of nitrogens with zero attached hydrogens (tertiary/aromatic N) is 1. The van der Waals surface area contributed by atoms with E-state index in [4.69, 9.17) is 14.5 Å². The zero-order chi connectivity index (χ0) is 35.3. The van der Waals surface area contributed by atoms with Crippen molar-refractivity contribution in [2.75, 3.05) is 13.2 Å². The molecule has 252 valence electrons. The number of nitrogens with one attached hydrogen (secondary N) is 2. The molecule has 8 heteroatoms. The van der Waals surface area contributed by atoms with Gasteiger partial charge in [-0.2, -0.15) is 0 Å². The van der Waals surface area contributed by atoms with E-state index in [1.54, 1.807) is 13.8 Å². The summed E-state index contributed by atoms with van der Waals surface area (Å²) in [5, 5.41) is 0. The molecule has 5 aromatic rings. The SMILES string of the molecule is CCOC(=O)c1cc2c(cc(C(=O)OCC)c1=O)-c1cc3[nH]c(cc4cc(cc5[nH]c(cc-2n1)c(CC)c5C)-c1ccccc1-4)c(C)c3CC. The van der Waals surface area contributed by atoms with E-state index in [0.29, 0.717) is 22.5 Å². The van der Waals surface area contributed by atoms with Crippen molar-refractivity contribution in [3.63, 3.8) is 0 Å². The lowest BCUT2D eigenvalue weighted by Crippen LogP contribution is -2.22. The van der Waals surface area contributed by atoms with Gasteiger partial charge in [-0.05, 0) is 128 Å². The number of aromatic amines is 2. The van der Waals surface area contributed by atoms with E-state index in [1.807, 2.05) is 12.1 Å². The Morgan fingerprint density at radius 2 is 1.04 bits per heavy atom. The lowest BCUT2D eigenvalue weighted by molar-refractivity contribution is 0.0523. The van der Waals surface area contributed by atoms with Crippen LogP contribution in [0.1, 0.15) is 70.7 Å². The maximum atomic E-state index is 13.9. The summed E-state index contributed by atoms with van der Waals surface area (Å²) in [6.45, 7) is 11.9. The molecule has 50 heavy (non-hydrogen) atoms. The Bertz CT molecular complexity index is 2310. The van der Waals surface area contributed by atoms with Crippen LogP contribution in [0.15, 0.2) is 71.5 Å². The minimum atomic E-state index is -0.812. The highest BCUT2D eigenvalue weighted by Crippen LogP contribution is 2.41. The van der Waals surface area contributed by atoms with Gasteiger partial charge in [0.15, 0.2) is 0 Å². The van der Waals surface area contributed by atoms with Gasteiger partial charge in [0.25, 0.3) is 0 Å². The first-order valence-electron chi connectivity index (χ1n) is 17.2. The molecule has 0 fully saturated rings. The van der Waals surface area contributed by atoms with Crippen molar-refractivity contribution in [3.8, 4) is 44.8 Å². The Labute approximate surface area is 290 Å². The molecule has 0 unspecified atom stereocenters. The number of hydrogen-bond acceptors (Lipinski definition) is 6. The molecule has 2 aliphatic rings. The Kier molecular flexibility index (Phi) is 8.48. The van der Waals surface area contributed by atoms with Gasteiger partial charge in [-0.1, -0.05) is 38.1 Å². The minimum Gasteiger partial charge on any atom is -0.462 e. The Morgan fingerprint density at radius 1 is 0.600 bits per heavy atom. The number of fused-ring (bicyclic) bond motifs is 14. The van der Waals surface area contributed by atoms with Crippen molar-refractivity contribution in [2.45, 2.75) is 54.4 Å². The van der Waals surface area contributed by atoms with Crippen molar-refractivity contribution >= 4 is 34.0 Å². The number of aryl methyl sites for hydroxylation is 4. The first-order chi connectivity index (χ1) is 24.2. The monoisotopic (exact) mass is 665 g/mol. The summed E-state index contributed by atoms with van der Waals surface area (Å²) in [4.78, 5) is 52.8. The number of benzene rings is 1. The number of hydrogen-bond donors (Lipinski definition) is 2. The third-order valence-corrected chi connectivity index (χ3v) is 9.77. The van der Waals surface area contributed by atoms with E-state index in [1.165, 1.54) is 23.3 Å². The second-order valence-corrected chi connectivity index (χ2v) is 12.6. The maximum Gasteiger partial charge on any atom is 0.342 e. The molecule has 0 saturated heterocycles. The van der Waals surface area contributed by atoms with Crippen LogP contribution >= 0.6 is 0 Å². The highest BCUT2D eigenvalue weighted by atomic mass is 16.5. The number of carbonyl (C=O) groups is 2. The van der Waals surface area contributed by atoms with Gasteiger partial charge < -0.3 is 19.4 Å². The first-order valence-corrected chi connectivity index (χ1v) is 17.2. The Morgan fingerprint density at radius 3 is 1.44 bits per heavy atom. The predicted molar refractivity (Wildman–Crippen MR) is 198 cm³/mol. The molecule has 0 atom stereocenters. The molecule has 8 nitrogen and oxygen atoms in total. The normalized spacial score (nSPS) is 11.6. The molecule has 0 saturated carbocycles. The topological polar surface area (TPSA) is 114 Å². The summed E-state index contributed by atoms with van der Waals surface area (Å²) in [5.41, 5.74) is 13.7. The van der Waals surface area contributed by atoms with Gasteiger partial charge in [-0.15, -0.1) is 0 Å². The average Bonchev–Trinajstić information content (AvgIpc) is 3.76. The van der Waals surface area contributed by atoms with E-state index >= 15 is 0 Å². The van der Waals surface area contributed by atoms with Crippen molar-refractivity contribution in [3.05, 3.63) is 110 Å². The number of H-pyrrole nitrogens is 2. The van der Waals surface area contributed by atoms with E-state index in [0.717, 1.165) is 68.3 Å². The number of esters is 2. The largest absolute Gasteiger partial charge is 0.462 e. The molecule has 1 aliphatic heterocycles. The summed E-state index contributed by atoms with van der Waals surface area (Å²) < 4.78 is 10.6. The molecule has 4 heterocycles. The van der Waals surface area contributed by atoms with Crippen LogP contribution in [0.2, 0.25) is 0 Å². The fraction of sp³-hybridized carbons (Fsp3) is 0.238. The highest BCUT2D eigenvalue weighted by molar-refractivity contribution is 6.00. The lowest BCUT2D eigenvalue weighted by atomic mass is 10.0. The highest BCUT2D eigenvalue weighted by Gasteiger charge is 2.26. The fourth-order valence-corrected chi connectivity index (χ4v) is 7.27. The van der Waals surface area contributed by atoms with Gasteiger partial charge in [-0.3, -0.25) is 4.79 Å². The van der Waals surface area contributed by atoms with Crippen LogP contribution in [0.5, 0.6) is 0 Å². The maximum absolute atomic E-state index is 13.9. The van der Waals surface area contributed by atoms with Crippen molar-refractivity contribution in [2.24, 2.45) is 0 Å². The van der Waals surface area contributed by atoms with E-state index in [9.17, 15) is 14.4 Å². The van der Waals surface area contributed by atoms with Crippen LogP contribution in [-0.4, -0.2) is 40.1 Å². The quantitative estimate of drug-likeness (QED) is 0.171. The smallest absolute Gasteiger partial charge is 0.342 e. The van der Waals surface area contributed by atoms with Crippen LogP contribution < -0.4 is 5.43 Å². The number of carbonyl (C=O) groups excluding carboxylic acids is 2. The van der Waals surface area contributed by atoms with Gasteiger partial charge in [0, 0.05) is 33.2 Å². The number of rotatable bonds is 6. The van der Waals surface area contributed by atoms with Gasteiger partial charge >= 0.3 is 11.9 Å². The fourth-order valence-electron chi connectivity index (χ4n) is 7.27. The number of ether oxygens (including phenoxy) is 2. The predicted octanol–water partition coefficient (Wildman–Crippen LogP) is 9.04. The van der Waals surface area contributed by atoms with Gasteiger partial charge in [0.1, 0.15) is 11.1 Å². The lowest BCUT2D eigenvalue weighted by Gasteiger charge is -2.01. The summed E-state index contributed by atoms with van der Waals surface area (Å²) in [5.74, 6) is -1.62. The van der Waals surface area contributed by atoms with Crippen LogP contribution in [0.3, 0.4) is 0 Å². The molecule has 7 rings (SSSR count). The molecule has 0 radical (unpaired) electrons. The molecule has 0 spiro atoms. The number of aromatic nitrogens is 3. The van der Waals surface area contributed by atoms with E-state index in [-0.39, 0.29) is 24.3 Å². The van der Waals surface area contributed by atoms with Gasteiger partial charge in [0.2, 0.25) is 5.43 Å². The summed E-state index contributed by atoms with van der Waals surface area (Å²) in [6.07, 6.45) is 1.54. The van der Waals surface area contributed by atoms with Crippen LogP contribution in [-0.2, 0) is 22.3 Å². The van der Waals surface area contributed by atoms with Crippen LogP contribution in [0.4, 0.5) is 0 Å². The standard InChI is InChI=1S/C42H39N3O5/c1-7-26-22(5)34-16-24-15-25(29-14-12-11-13-28(24)29)17-35-23(6)27(8-2)37(44-35)21-39-31-19-33(42(48)50-10-4)40(46)32(41(47)49-9-3)18-30(31)38(45-39)20-36(26)43-34/h11-21,43-44H,7-10H2,1-6H3. The first kappa shape index (κ1) is 32.8. The van der Waals surface area contributed by atoms with Crippen molar-refractivity contribution in [1.82, 2.24) is 15.0 Å². The molecule has 2 N–H and O–H groups in total. The second kappa shape index (κ2) is 12.9. The summed E-state index contributed by atoms with van der Waals surface area (Å²) in [7, 11) is 0. The molecule has 1 aliphatic carbocycles. The Balaban J connectivity index is 1.67. The van der Waals surface area contributed by atoms with E-state index in [2.05, 4.69) is 80.1 Å². The molecule has 8 bridgehead atoms. The Hall–Kier alpha value is -5.76. The van der Waals surface area contributed by atoms with Crippen LogP contribution in [0.25, 0.3) is 66.8 Å². The van der Waals surface area contributed by atoms with Crippen molar-refractivity contribution in [1.29, 1.82) is 0 Å². The third kappa shape index (κ3) is 5.41. The molecule has 2 aromatic carbocycles. The molecular formula is C42H39N3O5. The van der Waals surface area contributed by atoms with Crippen LogP contribution in [0, 0.1) is 13.8 Å². The summed E-state index contributed by atoms with van der Waals surface area (Å²) in [6, 6.07) is 22.1.